The fraction of sp³-hybridized carbons (Fsp3) is 0.350. The number of carbonyl (C=O) groups is 1. The van der Waals surface area contributed by atoms with Crippen LogP contribution in [0.15, 0.2) is 29.3 Å². The van der Waals surface area contributed by atoms with E-state index < -0.39 is 5.97 Å². The van der Waals surface area contributed by atoms with Crippen LogP contribution in [0.25, 0.3) is 0 Å². The molecule has 0 saturated carbocycles. The molecule has 28 heavy (non-hydrogen) atoms. The van der Waals surface area contributed by atoms with Gasteiger partial charge in [0, 0.05) is 28.0 Å². The number of aliphatic carboxylic acids is 1. The number of hydrogen-bond acceptors (Lipinski definition) is 7. The summed E-state index contributed by atoms with van der Waals surface area (Å²) < 4.78 is 5.90. The normalized spacial score (nSPS) is 14.4. The summed E-state index contributed by atoms with van der Waals surface area (Å²) in [6.45, 7) is 0.711. The van der Waals surface area contributed by atoms with Crippen molar-refractivity contribution in [1.82, 2.24) is 10.2 Å². The van der Waals surface area contributed by atoms with Crippen LogP contribution in [-0.2, 0) is 15.3 Å². The van der Waals surface area contributed by atoms with Crippen LogP contribution in [-0.4, -0.2) is 46.6 Å². The highest BCUT2D eigenvalue weighted by Crippen LogP contribution is 2.53. The van der Waals surface area contributed by atoms with E-state index in [1.54, 1.807) is 24.0 Å². The minimum absolute atomic E-state index is 0.0339. The minimum Gasteiger partial charge on any atom is -0.493 e. The molecule has 0 unspecified atom stereocenters. The number of hydrogen-bond donors (Lipinski definition) is 1. The third-order valence-electron chi connectivity index (χ3n) is 4.44. The lowest BCUT2D eigenvalue weighted by Crippen LogP contribution is -2.26. The Bertz CT molecular complexity index is 949. The van der Waals surface area contributed by atoms with Gasteiger partial charge in [-0.3, -0.25) is 4.79 Å². The van der Waals surface area contributed by atoms with E-state index in [-0.39, 0.29) is 10.5 Å². The van der Waals surface area contributed by atoms with E-state index in [4.69, 9.17) is 9.84 Å². The van der Waals surface area contributed by atoms with Crippen molar-refractivity contribution in [3.05, 3.63) is 46.8 Å². The van der Waals surface area contributed by atoms with Crippen LogP contribution < -0.4 is 4.74 Å². The second-order valence-electron chi connectivity index (χ2n) is 6.06. The molecule has 1 aromatic carbocycles. The van der Waals surface area contributed by atoms with Gasteiger partial charge in [0.25, 0.3) is 0 Å². The van der Waals surface area contributed by atoms with Gasteiger partial charge in [0.05, 0.1) is 29.0 Å². The summed E-state index contributed by atoms with van der Waals surface area (Å²) in [5.41, 5.74) is 3.14. The highest BCUT2D eigenvalue weighted by atomic mass is 32.2. The fourth-order valence-electron chi connectivity index (χ4n) is 3.04. The number of aromatic nitrogens is 2. The molecular weight excluding hydrogens is 412 g/mol. The Hall–Kier alpha value is -1.82. The molecule has 0 aliphatic carbocycles. The Morgan fingerprint density at radius 2 is 2.04 bits per heavy atom. The number of carboxylic acids is 1. The fourth-order valence-corrected chi connectivity index (χ4v) is 5.60. The Labute approximate surface area is 177 Å². The van der Waals surface area contributed by atoms with Crippen molar-refractivity contribution in [2.45, 2.75) is 21.8 Å². The molecule has 3 rings (SSSR count). The van der Waals surface area contributed by atoms with Gasteiger partial charge in [0.2, 0.25) is 0 Å². The number of thioether (sulfide) groups is 3. The number of ether oxygens (including phenoxy) is 1. The topological polar surface area (TPSA) is 72.3 Å². The third kappa shape index (κ3) is 4.43. The molecule has 2 aromatic rings. The lowest BCUT2D eigenvalue weighted by molar-refractivity contribution is -0.136. The van der Waals surface area contributed by atoms with Crippen LogP contribution in [0, 0.1) is 11.8 Å². The van der Waals surface area contributed by atoms with Gasteiger partial charge in [-0.2, -0.15) is 10.2 Å². The molecule has 1 N–H and O–H groups in total. The predicted molar refractivity (Wildman–Crippen MR) is 116 cm³/mol. The molecular formula is C20H20N2O3S3. The van der Waals surface area contributed by atoms with E-state index >= 15 is 0 Å². The van der Waals surface area contributed by atoms with Crippen molar-refractivity contribution in [3.63, 3.8) is 0 Å². The Kier molecular flexibility index (Phi) is 6.81. The largest absolute Gasteiger partial charge is 0.493 e. The van der Waals surface area contributed by atoms with Crippen molar-refractivity contribution >= 4 is 41.3 Å². The highest BCUT2D eigenvalue weighted by molar-refractivity contribution is 8.16. The number of carboxylic acid groups (broad SMARTS) is 1. The maximum Gasteiger partial charge on any atom is 0.309 e. The standard InChI is InChI=1S/C20H20N2O3S3/c1-26-18-11-17-16(20(27-2,28-3)6-7-25-17)9-14(18)5-4-13-8-15(10-19(23)24)22-21-12-13/h8-9,11-12H,6-7,10H2,1-3H3,(H,23,24). The zero-order valence-electron chi connectivity index (χ0n) is 15.8. The zero-order valence-corrected chi connectivity index (χ0v) is 18.3. The van der Waals surface area contributed by atoms with Crippen LogP contribution in [0.1, 0.15) is 28.8 Å². The second-order valence-corrected chi connectivity index (χ2v) is 9.38. The lowest BCUT2D eigenvalue weighted by atomic mass is 10.0. The molecule has 5 nitrogen and oxygen atoms in total. The Morgan fingerprint density at radius 1 is 1.25 bits per heavy atom. The Balaban J connectivity index is 2.02. The van der Waals surface area contributed by atoms with Crippen LogP contribution >= 0.6 is 35.3 Å². The van der Waals surface area contributed by atoms with Gasteiger partial charge in [-0.15, -0.1) is 35.3 Å². The summed E-state index contributed by atoms with van der Waals surface area (Å²) in [7, 11) is 0. The quantitative estimate of drug-likeness (QED) is 0.433. The molecule has 0 radical (unpaired) electrons. The Morgan fingerprint density at radius 3 is 2.71 bits per heavy atom. The summed E-state index contributed by atoms with van der Waals surface area (Å²) in [4.78, 5) is 11.9. The van der Waals surface area contributed by atoms with E-state index in [2.05, 4.69) is 46.7 Å². The van der Waals surface area contributed by atoms with Gasteiger partial charge in [0.1, 0.15) is 5.75 Å². The summed E-state index contributed by atoms with van der Waals surface area (Å²) >= 11 is 5.30. The summed E-state index contributed by atoms with van der Waals surface area (Å²) in [5, 5.41) is 16.6. The van der Waals surface area contributed by atoms with E-state index in [1.165, 1.54) is 5.56 Å². The van der Waals surface area contributed by atoms with Crippen LogP contribution in [0.5, 0.6) is 5.75 Å². The number of nitrogens with zero attached hydrogens (tertiary/aromatic N) is 2. The molecule has 8 heteroatoms. The maximum absolute atomic E-state index is 10.9. The van der Waals surface area contributed by atoms with Crippen LogP contribution in [0.2, 0.25) is 0 Å². The smallest absolute Gasteiger partial charge is 0.309 e. The minimum atomic E-state index is -0.941. The average Bonchev–Trinajstić information content (AvgIpc) is 2.70. The van der Waals surface area contributed by atoms with Gasteiger partial charge in [0.15, 0.2) is 0 Å². The van der Waals surface area contributed by atoms with Crippen molar-refractivity contribution in [3.8, 4) is 17.6 Å². The molecule has 0 saturated heterocycles. The van der Waals surface area contributed by atoms with Crippen molar-refractivity contribution in [2.24, 2.45) is 0 Å². The van der Waals surface area contributed by atoms with E-state index in [0.29, 0.717) is 17.9 Å². The monoisotopic (exact) mass is 432 g/mol. The predicted octanol–water partition coefficient (Wildman–Crippen LogP) is 3.89. The lowest BCUT2D eigenvalue weighted by Gasteiger charge is -2.36. The zero-order chi connectivity index (χ0) is 20.1. The number of rotatable bonds is 5. The van der Waals surface area contributed by atoms with Gasteiger partial charge in [-0.05, 0) is 37.0 Å². The van der Waals surface area contributed by atoms with E-state index in [9.17, 15) is 4.79 Å². The average molecular weight is 433 g/mol. The van der Waals surface area contributed by atoms with Gasteiger partial charge >= 0.3 is 5.97 Å². The molecule has 1 aromatic heterocycles. The molecule has 2 heterocycles. The molecule has 0 amide bonds. The van der Waals surface area contributed by atoms with E-state index in [1.807, 2.05) is 29.8 Å². The first kappa shape index (κ1) is 20.9. The first-order valence-corrected chi connectivity index (χ1v) is 12.2. The SMILES string of the molecule is CSc1cc2c(cc1C#Cc1cnnc(CC(=O)O)c1)C(SC)(SC)CCO2. The van der Waals surface area contributed by atoms with Crippen molar-refractivity contribution in [2.75, 3.05) is 25.4 Å². The maximum atomic E-state index is 10.9. The van der Waals surface area contributed by atoms with Crippen molar-refractivity contribution < 1.29 is 14.6 Å². The molecule has 0 spiro atoms. The summed E-state index contributed by atoms with van der Waals surface area (Å²) in [6, 6.07) is 5.88. The number of fused-ring (bicyclic) bond motifs is 1. The molecule has 1 aliphatic heterocycles. The van der Waals surface area contributed by atoms with Gasteiger partial charge in [-0.25, -0.2) is 0 Å². The highest BCUT2D eigenvalue weighted by Gasteiger charge is 2.37. The molecule has 0 bridgehead atoms. The third-order valence-corrected chi connectivity index (χ3v) is 8.38. The second kappa shape index (κ2) is 9.12. The van der Waals surface area contributed by atoms with Crippen LogP contribution in [0.3, 0.4) is 0 Å². The van der Waals surface area contributed by atoms with Gasteiger partial charge < -0.3 is 9.84 Å². The summed E-state index contributed by atoms with van der Waals surface area (Å²) in [6.07, 6.45) is 8.61. The molecule has 1 aliphatic rings. The molecule has 0 atom stereocenters. The molecule has 146 valence electrons. The number of benzene rings is 1. The molecule has 0 fully saturated rings. The van der Waals surface area contributed by atoms with Crippen LogP contribution in [0.4, 0.5) is 0 Å². The first-order valence-electron chi connectivity index (χ1n) is 8.52. The summed E-state index contributed by atoms with van der Waals surface area (Å²) in [5.74, 6) is 6.33. The van der Waals surface area contributed by atoms with Crippen molar-refractivity contribution in [1.29, 1.82) is 0 Å². The van der Waals surface area contributed by atoms with Gasteiger partial charge in [-0.1, -0.05) is 11.8 Å². The first-order chi connectivity index (χ1) is 13.5. The van der Waals surface area contributed by atoms with E-state index in [0.717, 1.165) is 22.6 Å².